The first-order valence-electron chi connectivity index (χ1n) is 7.06. The summed E-state index contributed by atoms with van der Waals surface area (Å²) in [6.45, 7) is 3.91. The number of nitrogens with one attached hydrogen (secondary N) is 1. The smallest absolute Gasteiger partial charge is 0.265 e. The summed E-state index contributed by atoms with van der Waals surface area (Å²) in [6, 6.07) is 7.51. The van der Waals surface area contributed by atoms with E-state index in [-0.39, 0.29) is 17.6 Å². The van der Waals surface area contributed by atoms with Gasteiger partial charge < -0.3 is 5.32 Å². The van der Waals surface area contributed by atoms with Crippen LogP contribution in [0, 0.1) is 19.8 Å². The summed E-state index contributed by atoms with van der Waals surface area (Å²) in [5.74, 6) is 0.147. The number of thiophene rings is 1. The quantitative estimate of drug-likeness (QED) is 0.860. The fraction of sp³-hybridized carbons (Fsp3) is 0.294. The predicted molar refractivity (Wildman–Crippen MR) is 85.2 cm³/mol. The van der Waals surface area contributed by atoms with Crippen molar-refractivity contribution in [3.63, 3.8) is 0 Å². The molecule has 3 nitrogen and oxygen atoms in total. The molecule has 1 saturated carbocycles. The summed E-state index contributed by atoms with van der Waals surface area (Å²) in [6.07, 6.45) is 1.92. The van der Waals surface area contributed by atoms with Crippen molar-refractivity contribution in [2.45, 2.75) is 26.7 Å². The zero-order valence-corrected chi connectivity index (χ0v) is 12.9. The van der Waals surface area contributed by atoms with E-state index in [1.807, 2.05) is 37.4 Å². The van der Waals surface area contributed by atoms with Crippen LogP contribution in [-0.4, -0.2) is 11.7 Å². The summed E-state index contributed by atoms with van der Waals surface area (Å²) in [4.78, 5) is 25.4. The first kappa shape index (κ1) is 14.0. The van der Waals surface area contributed by atoms with Crippen molar-refractivity contribution in [2.24, 2.45) is 5.92 Å². The number of hydrogen-bond acceptors (Lipinski definition) is 3. The van der Waals surface area contributed by atoms with Crippen LogP contribution in [0.5, 0.6) is 0 Å². The molecule has 2 aromatic rings. The molecule has 1 heterocycles. The van der Waals surface area contributed by atoms with Gasteiger partial charge >= 0.3 is 0 Å². The molecule has 0 atom stereocenters. The van der Waals surface area contributed by atoms with Crippen LogP contribution in [0.25, 0.3) is 0 Å². The highest BCUT2D eigenvalue weighted by Gasteiger charge is 2.32. The van der Waals surface area contributed by atoms with E-state index in [0.29, 0.717) is 16.1 Å². The number of carbonyl (C=O) groups is 2. The Kier molecular flexibility index (Phi) is 3.64. The van der Waals surface area contributed by atoms with Crippen molar-refractivity contribution in [3.05, 3.63) is 51.2 Å². The molecule has 1 aliphatic rings. The highest BCUT2D eigenvalue weighted by molar-refractivity contribution is 7.12. The zero-order valence-electron chi connectivity index (χ0n) is 12.1. The number of benzene rings is 1. The van der Waals surface area contributed by atoms with E-state index in [1.54, 1.807) is 6.07 Å². The molecule has 0 bridgehead atoms. The van der Waals surface area contributed by atoms with Gasteiger partial charge in [-0.1, -0.05) is 12.1 Å². The van der Waals surface area contributed by atoms with Crippen LogP contribution in [0.2, 0.25) is 0 Å². The Morgan fingerprint density at radius 2 is 2.00 bits per heavy atom. The number of Topliss-reactive ketones (excluding diaryl/α,β-unsaturated/α-hetero) is 1. The summed E-state index contributed by atoms with van der Waals surface area (Å²) >= 11 is 1.40. The van der Waals surface area contributed by atoms with E-state index in [0.717, 1.165) is 24.0 Å². The maximum absolute atomic E-state index is 12.5. The van der Waals surface area contributed by atoms with Gasteiger partial charge in [-0.25, -0.2) is 0 Å². The maximum Gasteiger partial charge on any atom is 0.265 e. The Morgan fingerprint density at radius 1 is 1.24 bits per heavy atom. The van der Waals surface area contributed by atoms with E-state index < -0.39 is 0 Å². The summed E-state index contributed by atoms with van der Waals surface area (Å²) in [5, 5.41) is 4.79. The molecule has 1 N–H and O–H groups in total. The van der Waals surface area contributed by atoms with Crippen molar-refractivity contribution in [2.75, 3.05) is 5.32 Å². The standard InChI is InChI=1S/C17H17NO2S/c1-10-8-11(2)15(13(9-10)16(19)12-5-6-12)18-17(20)14-4-3-7-21-14/h3-4,7-9,12H,5-6H2,1-2H3,(H,18,20). The molecule has 0 saturated heterocycles. The largest absolute Gasteiger partial charge is 0.320 e. The molecule has 1 amide bonds. The molecule has 1 aromatic heterocycles. The van der Waals surface area contributed by atoms with Crippen molar-refractivity contribution in [3.8, 4) is 0 Å². The predicted octanol–water partition coefficient (Wildman–Crippen LogP) is 4.21. The van der Waals surface area contributed by atoms with E-state index in [1.165, 1.54) is 11.3 Å². The lowest BCUT2D eigenvalue weighted by molar-refractivity contribution is 0.0968. The topological polar surface area (TPSA) is 46.2 Å². The van der Waals surface area contributed by atoms with Gasteiger partial charge in [-0.15, -0.1) is 11.3 Å². The Bertz CT molecular complexity index is 700. The van der Waals surface area contributed by atoms with Gasteiger partial charge in [0.15, 0.2) is 5.78 Å². The molecule has 1 fully saturated rings. The van der Waals surface area contributed by atoms with Crippen molar-refractivity contribution < 1.29 is 9.59 Å². The third-order valence-electron chi connectivity index (χ3n) is 3.68. The van der Waals surface area contributed by atoms with Gasteiger partial charge in [-0.2, -0.15) is 0 Å². The van der Waals surface area contributed by atoms with Gasteiger partial charge in [0.2, 0.25) is 0 Å². The molecule has 1 aromatic carbocycles. The molecule has 108 valence electrons. The lowest BCUT2D eigenvalue weighted by Gasteiger charge is -2.14. The summed E-state index contributed by atoms with van der Waals surface area (Å²) in [5.41, 5.74) is 3.30. The molecule has 4 heteroatoms. The number of ketones is 1. The molecule has 21 heavy (non-hydrogen) atoms. The van der Waals surface area contributed by atoms with Crippen molar-refractivity contribution in [1.29, 1.82) is 0 Å². The number of aryl methyl sites for hydroxylation is 2. The molecule has 0 spiro atoms. The van der Waals surface area contributed by atoms with Gasteiger partial charge in [0.25, 0.3) is 5.91 Å². The van der Waals surface area contributed by atoms with Crippen LogP contribution < -0.4 is 5.32 Å². The van der Waals surface area contributed by atoms with Crippen molar-refractivity contribution >= 4 is 28.7 Å². The monoisotopic (exact) mass is 299 g/mol. The fourth-order valence-electron chi connectivity index (χ4n) is 2.48. The van der Waals surface area contributed by atoms with E-state index in [9.17, 15) is 9.59 Å². The lowest BCUT2D eigenvalue weighted by atomic mass is 9.98. The maximum atomic E-state index is 12.5. The fourth-order valence-corrected chi connectivity index (χ4v) is 3.10. The van der Waals surface area contributed by atoms with Crippen LogP contribution in [0.4, 0.5) is 5.69 Å². The molecule has 0 radical (unpaired) electrons. The third kappa shape index (κ3) is 2.90. The molecular formula is C17H17NO2S. The van der Waals surface area contributed by atoms with E-state index in [2.05, 4.69) is 5.32 Å². The SMILES string of the molecule is Cc1cc(C)c(NC(=O)c2cccs2)c(C(=O)C2CC2)c1. The van der Waals surface area contributed by atoms with E-state index in [4.69, 9.17) is 0 Å². The minimum atomic E-state index is -0.151. The number of hydrogen-bond donors (Lipinski definition) is 1. The first-order chi connectivity index (χ1) is 10.1. The number of carbonyl (C=O) groups excluding carboxylic acids is 2. The van der Waals surface area contributed by atoms with E-state index >= 15 is 0 Å². The van der Waals surface area contributed by atoms with Gasteiger partial charge in [0.05, 0.1) is 10.6 Å². The van der Waals surface area contributed by atoms with Gasteiger partial charge in [-0.05, 0) is 55.3 Å². The van der Waals surface area contributed by atoms with Crippen LogP contribution in [0.3, 0.4) is 0 Å². The normalized spacial score (nSPS) is 14.0. The number of rotatable bonds is 4. The molecule has 0 aliphatic heterocycles. The van der Waals surface area contributed by atoms with Gasteiger partial charge in [0, 0.05) is 11.5 Å². The highest BCUT2D eigenvalue weighted by Crippen LogP contribution is 2.36. The van der Waals surface area contributed by atoms with Gasteiger partial charge in [-0.3, -0.25) is 9.59 Å². The second kappa shape index (κ2) is 5.45. The minimum absolute atomic E-state index is 0.142. The molecule has 3 rings (SSSR count). The first-order valence-corrected chi connectivity index (χ1v) is 7.94. The average molecular weight is 299 g/mol. The molecular weight excluding hydrogens is 282 g/mol. The molecule has 1 aliphatic carbocycles. The number of amides is 1. The Balaban J connectivity index is 1.96. The Hall–Kier alpha value is -1.94. The second-order valence-corrected chi connectivity index (χ2v) is 6.52. The van der Waals surface area contributed by atoms with Crippen LogP contribution in [-0.2, 0) is 0 Å². The minimum Gasteiger partial charge on any atom is -0.320 e. The van der Waals surface area contributed by atoms with Crippen LogP contribution >= 0.6 is 11.3 Å². The zero-order chi connectivity index (χ0) is 15.0. The van der Waals surface area contributed by atoms with Crippen LogP contribution in [0.15, 0.2) is 29.6 Å². The third-order valence-corrected chi connectivity index (χ3v) is 4.55. The number of anilines is 1. The Morgan fingerprint density at radius 3 is 2.62 bits per heavy atom. The Labute approximate surface area is 128 Å². The van der Waals surface area contributed by atoms with Crippen LogP contribution in [0.1, 0.15) is 44.0 Å². The summed E-state index contributed by atoms with van der Waals surface area (Å²) < 4.78 is 0. The van der Waals surface area contributed by atoms with Gasteiger partial charge in [0.1, 0.15) is 0 Å². The average Bonchev–Trinajstić information content (AvgIpc) is 3.15. The van der Waals surface area contributed by atoms with Crippen molar-refractivity contribution in [1.82, 2.24) is 0 Å². The second-order valence-electron chi connectivity index (χ2n) is 5.57. The summed E-state index contributed by atoms with van der Waals surface area (Å²) in [7, 11) is 0. The lowest BCUT2D eigenvalue weighted by Crippen LogP contribution is -2.16. The highest BCUT2D eigenvalue weighted by atomic mass is 32.1. The molecule has 0 unspecified atom stereocenters.